The fraction of sp³-hybridized carbons (Fsp3) is 0.429. The van der Waals surface area contributed by atoms with E-state index in [4.69, 9.17) is 14.2 Å². The average molecular weight is 355 g/mol. The Morgan fingerprint density at radius 3 is 2.46 bits per heavy atom. The van der Waals surface area contributed by atoms with E-state index < -0.39 is 0 Å². The molecule has 1 N–H and O–H groups in total. The maximum absolute atomic E-state index is 10.1. The predicted molar refractivity (Wildman–Crippen MR) is 99.5 cm³/mol. The Labute approximate surface area is 154 Å². The smallest absolute Gasteiger partial charge is 0.165 e. The van der Waals surface area contributed by atoms with Crippen LogP contribution in [0.25, 0.3) is 0 Å². The van der Waals surface area contributed by atoms with E-state index in [1.165, 1.54) is 22.3 Å². The lowest BCUT2D eigenvalue weighted by molar-refractivity contribution is 0.136. The largest absolute Gasteiger partial charge is 0.504 e. The highest BCUT2D eigenvalue weighted by atomic mass is 16.5. The molecule has 4 rings (SSSR count). The van der Waals surface area contributed by atoms with Crippen molar-refractivity contribution >= 4 is 0 Å². The first kappa shape index (κ1) is 17.0. The predicted octanol–water partition coefficient (Wildman–Crippen LogP) is 3.63. The number of hydrogen-bond donors (Lipinski definition) is 1. The van der Waals surface area contributed by atoms with E-state index in [0.29, 0.717) is 11.7 Å². The molecule has 0 saturated carbocycles. The quantitative estimate of drug-likeness (QED) is 0.911. The monoisotopic (exact) mass is 355 g/mol. The second kappa shape index (κ2) is 6.40. The number of methoxy groups -OCH3 is 3. The molecule has 2 aliphatic rings. The highest BCUT2D eigenvalue weighted by Gasteiger charge is 2.39. The van der Waals surface area contributed by atoms with Crippen molar-refractivity contribution in [3.63, 3.8) is 0 Å². The van der Waals surface area contributed by atoms with Gasteiger partial charge in [0.1, 0.15) is 0 Å². The van der Waals surface area contributed by atoms with Crippen molar-refractivity contribution in [3.05, 3.63) is 46.5 Å². The summed E-state index contributed by atoms with van der Waals surface area (Å²) >= 11 is 0. The summed E-state index contributed by atoms with van der Waals surface area (Å²) in [7, 11) is 4.97. The summed E-state index contributed by atoms with van der Waals surface area (Å²) in [5.41, 5.74) is 4.97. The Balaban J connectivity index is 1.83. The highest BCUT2D eigenvalue weighted by molar-refractivity contribution is 5.55. The zero-order valence-corrected chi connectivity index (χ0v) is 15.7. The third-order valence-electron chi connectivity index (χ3n) is 5.83. The van der Waals surface area contributed by atoms with Gasteiger partial charge in [-0.2, -0.15) is 0 Å². The molecule has 0 saturated heterocycles. The molecule has 0 spiro atoms. The molecule has 2 atom stereocenters. The molecule has 138 valence electrons. The van der Waals surface area contributed by atoms with Gasteiger partial charge >= 0.3 is 0 Å². The van der Waals surface area contributed by atoms with Crippen LogP contribution in [0.3, 0.4) is 0 Å². The lowest BCUT2D eigenvalue weighted by Crippen LogP contribution is -2.41. The summed E-state index contributed by atoms with van der Waals surface area (Å²) < 4.78 is 16.5. The van der Waals surface area contributed by atoms with E-state index in [1.807, 2.05) is 18.2 Å². The highest BCUT2D eigenvalue weighted by Crippen LogP contribution is 2.50. The SMILES string of the molecule is COc1cc2c(cc1O)CCN1Cc3c(ccc(OC)c3OC)[C@H](C)C21. The van der Waals surface area contributed by atoms with Gasteiger partial charge in [-0.15, -0.1) is 0 Å². The van der Waals surface area contributed by atoms with Crippen LogP contribution in [0.5, 0.6) is 23.0 Å². The molecule has 0 fully saturated rings. The van der Waals surface area contributed by atoms with Crippen molar-refractivity contribution in [2.75, 3.05) is 27.9 Å². The van der Waals surface area contributed by atoms with Crippen LogP contribution in [-0.2, 0) is 13.0 Å². The number of aromatic hydroxyl groups is 1. The molecule has 1 unspecified atom stereocenters. The van der Waals surface area contributed by atoms with E-state index in [-0.39, 0.29) is 11.8 Å². The molecule has 2 aromatic carbocycles. The Morgan fingerprint density at radius 1 is 1.00 bits per heavy atom. The number of rotatable bonds is 3. The van der Waals surface area contributed by atoms with E-state index in [2.05, 4.69) is 17.9 Å². The summed E-state index contributed by atoms with van der Waals surface area (Å²) in [5.74, 6) is 2.67. The fourth-order valence-electron chi connectivity index (χ4n) is 4.61. The zero-order valence-electron chi connectivity index (χ0n) is 15.7. The molecule has 2 aromatic rings. The molecule has 26 heavy (non-hydrogen) atoms. The van der Waals surface area contributed by atoms with Crippen molar-refractivity contribution in [2.45, 2.75) is 31.8 Å². The summed E-state index contributed by atoms with van der Waals surface area (Å²) in [5, 5.41) is 10.1. The van der Waals surface area contributed by atoms with E-state index in [0.717, 1.165) is 31.0 Å². The zero-order chi connectivity index (χ0) is 18.4. The van der Waals surface area contributed by atoms with Gasteiger partial charge in [-0.3, -0.25) is 4.90 Å². The number of fused-ring (bicyclic) bond motifs is 4. The summed E-state index contributed by atoms with van der Waals surface area (Å²) in [6.45, 7) is 4.04. The van der Waals surface area contributed by atoms with E-state index in [9.17, 15) is 5.11 Å². The number of benzene rings is 2. The first-order valence-electron chi connectivity index (χ1n) is 8.96. The molecule has 0 aliphatic carbocycles. The van der Waals surface area contributed by atoms with Crippen LogP contribution in [0, 0.1) is 0 Å². The average Bonchev–Trinajstić information content (AvgIpc) is 2.66. The topological polar surface area (TPSA) is 51.2 Å². The molecule has 2 heterocycles. The van der Waals surface area contributed by atoms with Crippen LogP contribution < -0.4 is 14.2 Å². The van der Waals surface area contributed by atoms with Crippen LogP contribution in [0.2, 0.25) is 0 Å². The maximum atomic E-state index is 10.1. The van der Waals surface area contributed by atoms with E-state index >= 15 is 0 Å². The molecule has 0 aromatic heterocycles. The molecular weight excluding hydrogens is 330 g/mol. The molecule has 5 heteroatoms. The summed E-state index contributed by atoms with van der Waals surface area (Å²) in [6.07, 6.45) is 0.914. The number of nitrogens with zero attached hydrogens (tertiary/aromatic N) is 1. The third-order valence-corrected chi connectivity index (χ3v) is 5.83. The first-order chi connectivity index (χ1) is 12.6. The van der Waals surface area contributed by atoms with E-state index in [1.54, 1.807) is 21.3 Å². The fourth-order valence-corrected chi connectivity index (χ4v) is 4.61. The standard InChI is InChI=1S/C21H25NO4/c1-12-14-5-6-18(24-2)21(26-4)16(14)11-22-8-7-13-9-17(23)19(25-3)10-15(13)20(12)22/h5-6,9-10,12,20,23H,7-8,11H2,1-4H3/t12-,20?/m0/s1. The molecule has 2 aliphatic heterocycles. The van der Waals surface area contributed by atoms with Gasteiger partial charge < -0.3 is 19.3 Å². The number of hydrogen-bond acceptors (Lipinski definition) is 5. The van der Waals surface area contributed by atoms with Crippen LogP contribution in [0.1, 0.15) is 41.1 Å². The van der Waals surface area contributed by atoms with Crippen molar-refractivity contribution < 1.29 is 19.3 Å². The number of phenols is 1. The van der Waals surface area contributed by atoms with Crippen LogP contribution in [0.15, 0.2) is 24.3 Å². The van der Waals surface area contributed by atoms with Crippen LogP contribution in [-0.4, -0.2) is 37.9 Å². The summed E-state index contributed by atoms with van der Waals surface area (Å²) in [6, 6.07) is 8.28. The molecule has 0 amide bonds. The number of phenolic OH excluding ortho intramolecular Hbond substituents is 1. The minimum Gasteiger partial charge on any atom is -0.504 e. The van der Waals surface area contributed by atoms with Gasteiger partial charge in [0.05, 0.1) is 21.3 Å². The van der Waals surface area contributed by atoms with Gasteiger partial charge in [-0.1, -0.05) is 13.0 Å². The van der Waals surface area contributed by atoms with Crippen LogP contribution in [0.4, 0.5) is 0 Å². The maximum Gasteiger partial charge on any atom is 0.165 e. The van der Waals surface area contributed by atoms with Crippen molar-refractivity contribution in [3.8, 4) is 23.0 Å². The van der Waals surface area contributed by atoms with Crippen molar-refractivity contribution in [1.29, 1.82) is 0 Å². The van der Waals surface area contributed by atoms with Crippen LogP contribution >= 0.6 is 0 Å². The van der Waals surface area contributed by atoms with Crippen molar-refractivity contribution in [1.82, 2.24) is 4.90 Å². The summed E-state index contributed by atoms with van der Waals surface area (Å²) in [4.78, 5) is 2.49. The Bertz CT molecular complexity index is 848. The van der Waals surface area contributed by atoms with Gasteiger partial charge in [-0.25, -0.2) is 0 Å². The second-order valence-electron chi connectivity index (χ2n) is 7.05. The minimum atomic E-state index is 0.218. The van der Waals surface area contributed by atoms with Gasteiger partial charge in [-0.05, 0) is 41.3 Å². The van der Waals surface area contributed by atoms with Gasteiger partial charge in [0.15, 0.2) is 23.0 Å². The second-order valence-corrected chi connectivity index (χ2v) is 7.05. The minimum absolute atomic E-state index is 0.218. The van der Waals surface area contributed by atoms with Crippen molar-refractivity contribution in [2.24, 2.45) is 0 Å². The third kappa shape index (κ3) is 2.42. The number of ether oxygens (including phenoxy) is 3. The normalized spacial score (nSPS) is 21.4. The molecule has 0 radical (unpaired) electrons. The molecule has 5 nitrogen and oxygen atoms in total. The van der Waals surface area contributed by atoms with Gasteiger partial charge in [0, 0.05) is 30.6 Å². The van der Waals surface area contributed by atoms with Gasteiger partial charge in [0.2, 0.25) is 0 Å². The van der Waals surface area contributed by atoms with Gasteiger partial charge in [0.25, 0.3) is 0 Å². The first-order valence-corrected chi connectivity index (χ1v) is 8.96. The molecule has 0 bridgehead atoms. The lowest BCUT2D eigenvalue weighted by Gasteiger charge is -2.45. The Morgan fingerprint density at radius 2 is 1.77 bits per heavy atom. The Kier molecular flexibility index (Phi) is 4.19. The Hall–Kier alpha value is -2.40. The molecular formula is C21H25NO4. The lowest BCUT2D eigenvalue weighted by atomic mass is 9.77.